The fourth-order valence-corrected chi connectivity index (χ4v) is 1.48. The topological polar surface area (TPSA) is 67.6 Å². The highest BCUT2D eigenvalue weighted by molar-refractivity contribution is 5.73. The van der Waals surface area contributed by atoms with E-state index in [4.69, 9.17) is 10.6 Å². The third kappa shape index (κ3) is 1.67. The minimum absolute atomic E-state index is 0.104. The molecule has 2 amide bonds. The van der Waals surface area contributed by atoms with Gasteiger partial charge in [0, 0.05) is 13.7 Å². The van der Waals surface area contributed by atoms with Crippen LogP contribution in [0.3, 0.4) is 0 Å². The van der Waals surface area contributed by atoms with Crippen molar-refractivity contribution in [1.82, 2.24) is 10.3 Å². The lowest BCUT2D eigenvalue weighted by atomic mass is 10.1. The number of hydrogen-bond donors (Lipinski definition) is 2. The summed E-state index contributed by atoms with van der Waals surface area (Å²) >= 11 is 0. The Kier molecular flexibility index (Phi) is 2.88. The number of likely N-dealkylation sites (N-methyl/N-ethyl adjacent to an activating group) is 1. The van der Waals surface area contributed by atoms with E-state index in [1.165, 1.54) is 0 Å². The molecule has 0 saturated carbocycles. The molecule has 5 heteroatoms. The highest BCUT2D eigenvalue weighted by Gasteiger charge is 2.30. The van der Waals surface area contributed by atoms with E-state index in [1.807, 2.05) is 6.92 Å². The summed E-state index contributed by atoms with van der Waals surface area (Å²) in [6.07, 6.45) is 0.984. The van der Waals surface area contributed by atoms with Crippen molar-refractivity contribution in [2.24, 2.45) is 5.84 Å². The predicted molar refractivity (Wildman–Crippen MR) is 44.3 cm³/mol. The van der Waals surface area contributed by atoms with Crippen LogP contribution < -0.4 is 11.3 Å². The van der Waals surface area contributed by atoms with Crippen molar-refractivity contribution < 1.29 is 9.53 Å². The van der Waals surface area contributed by atoms with Gasteiger partial charge in [-0.25, -0.2) is 10.6 Å². The fourth-order valence-electron chi connectivity index (χ4n) is 1.48. The van der Waals surface area contributed by atoms with Crippen LogP contribution in [0.5, 0.6) is 0 Å². The van der Waals surface area contributed by atoms with E-state index in [-0.39, 0.29) is 18.2 Å². The lowest BCUT2D eigenvalue weighted by Crippen LogP contribution is -2.48. The van der Waals surface area contributed by atoms with E-state index in [9.17, 15) is 4.79 Å². The molecule has 1 fully saturated rings. The van der Waals surface area contributed by atoms with Crippen LogP contribution >= 0.6 is 0 Å². The van der Waals surface area contributed by atoms with Crippen LogP contribution in [0.25, 0.3) is 0 Å². The van der Waals surface area contributed by atoms with E-state index in [0.29, 0.717) is 6.61 Å². The van der Waals surface area contributed by atoms with Gasteiger partial charge in [0.1, 0.15) is 0 Å². The van der Waals surface area contributed by atoms with Gasteiger partial charge in [-0.05, 0) is 13.3 Å². The Morgan fingerprint density at radius 1 is 1.75 bits per heavy atom. The molecule has 1 heterocycles. The maximum Gasteiger partial charge on any atom is 0.331 e. The summed E-state index contributed by atoms with van der Waals surface area (Å²) in [5.41, 5.74) is 2.09. The van der Waals surface area contributed by atoms with Crippen molar-refractivity contribution in [2.45, 2.75) is 25.5 Å². The zero-order chi connectivity index (χ0) is 9.14. The number of urea groups is 1. The quantitative estimate of drug-likeness (QED) is 0.324. The van der Waals surface area contributed by atoms with Gasteiger partial charge in [0.25, 0.3) is 0 Å². The summed E-state index contributed by atoms with van der Waals surface area (Å²) in [5.74, 6) is 5.00. The van der Waals surface area contributed by atoms with Crippen LogP contribution in [0.1, 0.15) is 13.3 Å². The molecule has 1 aliphatic rings. The largest absolute Gasteiger partial charge is 0.376 e. The summed E-state index contributed by atoms with van der Waals surface area (Å²) in [6, 6.07) is -0.120. The molecule has 5 nitrogen and oxygen atoms in total. The van der Waals surface area contributed by atoms with Gasteiger partial charge >= 0.3 is 6.03 Å². The monoisotopic (exact) mass is 173 g/mol. The number of rotatable bonds is 1. The second-order valence-corrected chi connectivity index (χ2v) is 2.99. The van der Waals surface area contributed by atoms with Gasteiger partial charge in [0.05, 0.1) is 12.1 Å². The second kappa shape index (κ2) is 3.73. The van der Waals surface area contributed by atoms with Crippen molar-refractivity contribution >= 4 is 6.03 Å². The molecule has 3 N–H and O–H groups in total. The molecule has 0 radical (unpaired) electrons. The molecule has 12 heavy (non-hydrogen) atoms. The summed E-state index contributed by atoms with van der Waals surface area (Å²) in [5, 5.41) is 0. The summed E-state index contributed by atoms with van der Waals surface area (Å²) < 4.78 is 5.32. The van der Waals surface area contributed by atoms with Gasteiger partial charge in [-0.3, -0.25) is 5.43 Å². The molecule has 1 aliphatic heterocycles. The molecule has 2 atom stereocenters. The first-order valence-corrected chi connectivity index (χ1v) is 4.02. The highest BCUT2D eigenvalue weighted by Crippen LogP contribution is 2.17. The third-order valence-corrected chi connectivity index (χ3v) is 2.28. The van der Waals surface area contributed by atoms with E-state index in [2.05, 4.69) is 5.43 Å². The molecule has 0 aromatic rings. The molecular formula is C7H15N3O2. The van der Waals surface area contributed by atoms with Gasteiger partial charge in [-0.1, -0.05) is 0 Å². The van der Waals surface area contributed by atoms with Crippen LogP contribution in [-0.2, 0) is 4.74 Å². The number of ether oxygens (including phenoxy) is 1. The SMILES string of the molecule is CC1OCCC1N(C)C(=O)NN. The molecule has 0 aliphatic carbocycles. The molecule has 0 bridgehead atoms. The predicted octanol–water partition coefficient (Wildman–Crippen LogP) is -0.321. The summed E-state index contributed by atoms with van der Waals surface area (Å²) in [4.78, 5) is 12.7. The zero-order valence-corrected chi connectivity index (χ0v) is 7.41. The maximum absolute atomic E-state index is 11.1. The zero-order valence-electron chi connectivity index (χ0n) is 7.41. The number of hydrogen-bond acceptors (Lipinski definition) is 3. The Hall–Kier alpha value is -0.810. The van der Waals surface area contributed by atoms with Crippen LogP contribution in [0.4, 0.5) is 4.79 Å². The van der Waals surface area contributed by atoms with Crippen molar-refractivity contribution in [3.8, 4) is 0 Å². The number of nitrogens with zero attached hydrogens (tertiary/aromatic N) is 1. The van der Waals surface area contributed by atoms with Crippen LogP contribution in [0.2, 0.25) is 0 Å². The average molecular weight is 173 g/mol. The Balaban J connectivity index is 2.51. The molecule has 70 valence electrons. The third-order valence-electron chi connectivity index (χ3n) is 2.28. The van der Waals surface area contributed by atoms with Crippen molar-refractivity contribution in [1.29, 1.82) is 0 Å². The molecule has 0 aromatic heterocycles. The van der Waals surface area contributed by atoms with Crippen molar-refractivity contribution in [3.05, 3.63) is 0 Å². The lowest BCUT2D eigenvalue weighted by Gasteiger charge is -2.25. The molecule has 0 aromatic carbocycles. The molecule has 2 unspecified atom stereocenters. The maximum atomic E-state index is 11.1. The van der Waals surface area contributed by atoms with Crippen molar-refractivity contribution in [2.75, 3.05) is 13.7 Å². The summed E-state index contributed by atoms with van der Waals surface area (Å²) in [6.45, 7) is 2.67. The van der Waals surface area contributed by atoms with Gasteiger partial charge in [0.15, 0.2) is 0 Å². The minimum atomic E-state index is -0.266. The Morgan fingerprint density at radius 3 is 2.83 bits per heavy atom. The molecule has 1 rings (SSSR count). The first kappa shape index (κ1) is 9.28. The average Bonchev–Trinajstić information content (AvgIpc) is 2.48. The first-order chi connectivity index (χ1) is 5.66. The van der Waals surface area contributed by atoms with Gasteiger partial charge < -0.3 is 9.64 Å². The molecule has 0 spiro atoms. The van der Waals surface area contributed by atoms with Gasteiger partial charge in [-0.2, -0.15) is 0 Å². The normalized spacial score (nSPS) is 28.6. The molecule has 1 saturated heterocycles. The van der Waals surface area contributed by atoms with Crippen LogP contribution in [0.15, 0.2) is 0 Å². The first-order valence-electron chi connectivity index (χ1n) is 4.02. The summed E-state index contributed by atoms with van der Waals surface area (Å²) in [7, 11) is 1.72. The smallest absolute Gasteiger partial charge is 0.331 e. The van der Waals surface area contributed by atoms with Gasteiger partial charge in [-0.15, -0.1) is 0 Å². The van der Waals surface area contributed by atoms with Gasteiger partial charge in [0.2, 0.25) is 0 Å². The number of nitrogens with one attached hydrogen (secondary N) is 1. The standard InChI is InChI=1S/C7H15N3O2/c1-5-6(3-4-12-5)10(2)7(11)9-8/h5-6H,3-4,8H2,1-2H3,(H,9,11). The van der Waals surface area contributed by atoms with E-state index in [1.54, 1.807) is 11.9 Å². The van der Waals surface area contributed by atoms with Crippen LogP contribution in [0, 0.1) is 0 Å². The number of nitrogens with two attached hydrogens (primary N) is 1. The van der Waals surface area contributed by atoms with E-state index in [0.717, 1.165) is 6.42 Å². The van der Waals surface area contributed by atoms with Crippen LogP contribution in [-0.4, -0.2) is 36.7 Å². The highest BCUT2D eigenvalue weighted by atomic mass is 16.5. The fraction of sp³-hybridized carbons (Fsp3) is 0.857. The number of amides is 2. The Bertz CT molecular complexity index is 174. The Morgan fingerprint density at radius 2 is 2.42 bits per heavy atom. The number of carbonyl (C=O) groups excluding carboxylic acids is 1. The van der Waals surface area contributed by atoms with E-state index < -0.39 is 0 Å². The second-order valence-electron chi connectivity index (χ2n) is 2.99. The van der Waals surface area contributed by atoms with Crippen molar-refractivity contribution in [3.63, 3.8) is 0 Å². The number of carbonyl (C=O) groups is 1. The number of hydrazine groups is 1. The van der Waals surface area contributed by atoms with E-state index >= 15 is 0 Å². The lowest BCUT2D eigenvalue weighted by molar-refractivity contribution is 0.0907. The minimum Gasteiger partial charge on any atom is -0.376 e. The Labute approximate surface area is 71.8 Å². The molecular weight excluding hydrogens is 158 g/mol.